The van der Waals surface area contributed by atoms with Gasteiger partial charge in [-0.15, -0.1) is 11.3 Å². The van der Waals surface area contributed by atoms with Crippen LogP contribution in [-0.2, 0) is 13.1 Å². The minimum Gasteiger partial charge on any atom is -0.491 e. The third kappa shape index (κ3) is 6.17. The molecular formula is C22H24FNO2S. The molecule has 0 saturated carbocycles. The minimum atomic E-state index is -0.620. The Hall–Kier alpha value is -2.21. The van der Waals surface area contributed by atoms with Gasteiger partial charge in [0.2, 0.25) is 0 Å². The van der Waals surface area contributed by atoms with Crippen molar-refractivity contribution in [1.29, 1.82) is 0 Å². The number of halogens is 1. The summed E-state index contributed by atoms with van der Waals surface area (Å²) in [6, 6.07) is 18.4. The van der Waals surface area contributed by atoms with Crippen LogP contribution in [0.3, 0.4) is 0 Å². The van der Waals surface area contributed by atoms with Gasteiger partial charge in [-0.1, -0.05) is 36.4 Å². The fourth-order valence-electron chi connectivity index (χ4n) is 2.91. The number of aliphatic hydroxyl groups excluding tert-OH is 1. The number of benzene rings is 2. The molecule has 2 aromatic carbocycles. The summed E-state index contributed by atoms with van der Waals surface area (Å²) in [5.41, 5.74) is 2.06. The quantitative estimate of drug-likeness (QED) is 0.583. The van der Waals surface area contributed by atoms with E-state index in [1.165, 1.54) is 17.0 Å². The summed E-state index contributed by atoms with van der Waals surface area (Å²) in [5.74, 6) is 0.551. The first kappa shape index (κ1) is 19.5. The highest BCUT2D eigenvalue weighted by molar-refractivity contribution is 7.09. The van der Waals surface area contributed by atoms with Gasteiger partial charge in [0.1, 0.15) is 24.3 Å². The lowest BCUT2D eigenvalue weighted by Gasteiger charge is -2.25. The van der Waals surface area contributed by atoms with Gasteiger partial charge in [0.15, 0.2) is 0 Å². The number of rotatable bonds is 9. The zero-order valence-electron chi connectivity index (χ0n) is 15.3. The Morgan fingerprint density at radius 3 is 2.52 bits per heavy atom. The first-order chi connectivity index (χ1) is 13.1. The van der Waals surface area contributed by atoms with E-state index in [0.29, 0.717) is 13.1 Å². The summed E-state index contributed by atoms with van der Waals surface area (Å²) < 4.78 is 18.9. The summed E-state index contributed by atoms with van der Waals surface area (Å²) in [4.78, 5) is 3.38. The molecule has 1 N–H and O–H groups in total. The van der Waals surface area contributed by atoms with Crippen molar-refractivity contribution in [2.45, 2.75) is 26.1 Å². The lowest BCUT2D eigenvalue weighted by molar-refractivity contribution is 0.0630. The van der Waals surface area contributed by atoms with E-state index in [9.17, 15) is 9.50 Å². The normalized spacial score (nSPS) is 12.3. The molecule has 3 nitrogen and oxygen atoms in total. The van der Waals surface area contributed by atoms with Crippen LogP contribution in [0.15, 0.2) is 66.0 Å². The molecular weight excluding hydrogens is 361 g/mol. The van der Waals surface area contributed by atoms with Crippen LogP contribution in [0.2, 0.25) is 0 Å². The third-order valence-corrected chi connectivity index (χ3v) is 5.13. The lowest BCUT2D eigenvalue weighted by Crippen LogP contribution is -2.35. The molecule has 0 spiro atoms. The fraction of sp³-hybridized carbons (Fsp3) is 0.273. The van der Waals surface area contributed by atoms with E-state index in [1.54, 1.807) is 23.5 Å². The Morgan fingerprint density at radius 1 is 1.04 bits per heavy atom. The molecule has 0 aliphatic rings. The number of aliphatic hydroxyl groups is 1. The van der Waals surface area contributed by atoms with Crippen molar-refractivity contribution in [2.24, 2.45) is 0 Å². The average Bonchev–Trinajstić information content (AvgIpc) is 3.16. The van der Waals surface area contributed by atoms with Crippen LogP contribution in [0.25, 0.3) is 0 Å². The van der Waals surface area contributed by atoms with Crippen molar-refractivity contribution in [3.63, 3.8) is 0 Å². The van der Waals surface area contributed by atoms with Gasteiger partial charge in [-0.25, -0.2) is 4.39 Å². The van der Waals surface area contributed by atoms with Crippen molar-refractivity contribution in [3.8, 4) is 5.75 Å². The van der Waals surface area contributed by atoms with Crippen LogP contribution >= 0.6 is 11.3 Å². The van der Waals surface area contributed by atoms with Crippen molar-refractivity contribution in [2.75, 3.05) is 13.2 Å². The zero-order chi connectivity index (χ0) is 19.1. The van der Waals surface area contributed by atoms with Gasteiger partial charge in [0.05, 0.1) is 0 Å². The predicted molar refractivity (Wildman–Crippen MR) is 108 cm³/mol. The van der Waals surface area contributed by atoms with Gasteiger partial charge >= 0.3 is 0 Å². The van der Waals surface area contributed by atoms with Crippen LogP contribution in [0, 0.1) is 12.7 Å². The summed E-state index contributed by atoms with van der Waals surface area (Å²) in [7, 11) is 0. The maximum absolute atomic E-state index is 13.2. The highest BCUT2D eigenvalue weighted by atomic mass is 32.1. The molecule has 1 heterocycles. The predicted octanol–water partition coefficient (Wildman–Crippen LogP) is 4.64. The van der Waals surface area contributed by atoms with Crippen LogP contribution < -0.4 is 4.74 Å². The molecule has 0 fully saturated rings. The topological polar surface area (TPSA) is 32.7 Å². The van der Waals surface area contributed by atoms with Gasteiger partial charge in [0, 0.05) is 24.5 Å². The molecule has 142 valence electrons. The van der Waals surface area contributed by atoms with Gasteiger partial charge in [0.25, 0.3) is 0 Å². The molecule has 0 aliphatic heterocycles. The van der Waals surface area contributed by atoms with E-state index in [0.717, 1.165) is 23.4 Å². The van der Waals surface area contributed by atoms with Crippen LogP contribution in [0.5, 0.6) is 5.75 Å². The molecule has 0 radical (unpaired) electrons. The van der Waals surface area contributed by atoms with Crippen molar-refractivity contribution >= 4 is 11.3 Å². The van der Waals surface area contributed by atoms with E-state index < -0.39 is 6.10 Å². The Bertz CT molecular complexity index is 821. The maximum atomic E-state index is 13.2. The second-order valence-electron chi connectivity index (χ2n) is 6.61. The number of para-hydroxylation sites is 1. The highest BCUT2D eigenvalue weighted by Gasteiger charge is 2.15. The van der Waals surface area contributed by atoms with E-state index in [4.69, 9.17) is 4.74 Å². The second kappa shape index (κ2) is 9.65. The molecule has 3 aromatic rings. The Morgan fingerprint density at radius 2 is 1.81 bits per heavy atom. The number of thiophene rings is 1. The van der Waals surface area contributed by atoms with Gasteiger partial charge in [-0.2, -0.15) is 0 Å². The summed E-state index contributed by atoms with van der Waals surface area (Å²) in [6.07, 6.45) is -0.620. The van der Waals surface area contributed by atoms with E-state index in [2.05, 4.69) is 11.0 Å². The molecule has 0 saturated heterocycles. The van der Waals surface area contributed by atoms with E-state index in [1.807, 2.05) is 42.6 Å². The van der Waals surface area contributed by atoms with Crippen molar-refractivity contribution in [1.82, 2.24) is 4.90 Å². The van der Waals surface area contributed by atoms with Crippen LogP contribution in [-0.4, -0.2) is 29.3 Å². The molecule has 0 aliphatic carbocycles. The zero-order valence-corrected chi connectivity index (χ0v) is 16.2. The second-order valence-corrected chi connectivity index (χ2v) is 7.64. The van der Waals surface area contributed by atoms with Gasteiger partial charge in [-0.05, 0) is 47.7 Å². The summed E-state index contributed by atoms with van der Waals surface area (Å²) in [6.45, 7) is 4.06. The SMILES string of the molecule is Cc1ccccc1OC[C@@H](O)CN(Cc1ccc(F)cc1)Cc1cccs1. The van der Waals surface area contributed by atoms with E-state index in [-0.39, 0.29) is 12.4 Å². The number of nitrogens with zero attached hydrogens (tertiary/aromatic N) is 1. The Balaban J connectivity index is 1.61. The largest absolute Gasteiger partial charge is 0.491 e. The van der Waals surface area contributed by atoms with Crippen LogP contribution in [0.4, 0.5) is 4.39 Å². The molecule has 0 unspecified atom stereocenters. The summed E-state index contributed by atoms with van der Waals surface area (Å²) in [5, 5.41) is 12.5. The fourth-order valence-corrected chi connectivity index (χ4v) is 3.66. The monoisotopic (exact) mass is 385 g/mol. The van der Waals surface area contributed by atoms with E-state index >= 15 is 0 Å². The summed E-state index contributed by atoms with van der Waals surface area (Å²) >= 11 is 1.69. The van der Waals surface area contributed by atoms with Crippen molar-refractivity contribution < 1.29 is 14.2 Å². The Labute approximate surface area is 163 Å². The van der Waals surface area contributed by atoms with Crippen molar-refractivity contribution in [3.05, 3.63) is 87.9 Å². The number of hydrogen-bond acceptors (Lipinski definition) is 4. The number of hydrogen-bond donors (Lipinski definition) is 1. The molecule has 5 heteroatoms. The molecule has 1 aromatic heterocycles. The maximum Gasteiger partial charge on any atom is 0.123 e. The molecule has 3 rings (SSSR count). The smallest absolute Gasteiger partial charge is 0.123 e. The first-order valence-electron chi connectivity index (χ1n) is 8.96. The highest BCUT2D eigenvalue weighted by Crippen LogP contribution is 2.18. The molecule has 0 amide bonds. The Kier molecular flexibility index (Phi) is 6.98. The van der Waals surface area contributed by atoms with Gasteiger partial charge in [-0.3, -0.25) is 4.90 Å². The van der Waals surface area contributed by atoms with Gasteiger partial charge < -0.3 is 9.84 Å². The first-order valence-corrected chi connectivity index (χ1v) is 9.84. The average molecular weight is 386 g/mol. The molecule has 27 heavy (non-hydrogen) atoms. The standard InChI is InChI=1S/C22H24FNO2S/c1-17-5-2-3-7-22(17)26-16-20(25)14-24(15-21-6-4-12-27-21)13-18-8-10-19(23)11-9-18/h2-12,20,25H,13-16H2,1H3/t20-/m0/s1. The van der Waals surface area contributed by atoms with Crippen LogP contribution in [0.1, 0.15) is 16.0 Å². The minimum absolute atomic E-state index is 0.231. The molecule has 1 atom stereocenters. The molecule has 0 bridgehead atoms. The number of aryl methyl sites for hydroxylation is 1. The number of ether oxygens (including phenoxy) is 1. The third-order valence-electron chi connectivity index (χ3n) is 4.27. The lowest BCUT2D eigenvalue weighted by atomic mass is 10.2.